The summed E-state index contributed by atoms with van der Waals surface area (Å²) in [5.41, 5.74) is 1.57. The zero-order chi connectivity index (χ0) is 16.3. The fourth-order valence-corrected chi connectivity index (χ4v) is 4.42. The fraction of sp³-hybridized carbons (Fsp3) is 0.333. The lowest BCUT2D eigenvalue weighted by Gasteiger charge is -2.19. The highest BCUT2D eigenvalue weighted by Crippen LogP contribution is 2.35. The highest BCUT2D eigenvalue weighted by molar-refractivity contribution is 7.89. The molecule has 0 amide bonds. The van der Waals surface area contributed by atoms with Crippen LogP contribution in [0.4, 0.5) is 0 Å². The Bertz CT molecular complexity index is 755. The van der Waals surface area contributed by atoms with Gasteiger partial charge >= 0.3 is 0 Å². The molecule has 2 aromatic carbocycles. The molecule has 1 saturated carbocycles. The summed E-state index contributed by atoms with van der Waals surface area (Å²) in [4.78, 5) is 0.287. The van der Waals surface area contributed by atoms with Gasteiger partial charge in [0.05, 0.1) is 4.90 Å². The van der Waals surface area contributed by atoms with Crippen molar-refractivity contribution in [2.24, 2.45) is 5.92 Å². The maximum atomic E-state index is 12.9. The molecule has 0 saturated heterocycles. The number of aliphatic hydroxyl groups is 1. The van der Waals surface area contributed by atoms with Crippen molar-refractivity contribution in [3.8, 4) is 11.1 Å². The molecular weight excluding hydrogens is 310 g/mol. The van der Waals surface area contributed by atoms with E-state index in [1.165, 1.54) is 0 Å². The third-order valence-corrected chi connectivity index (χ3v) is 5.75. The standard InChI is InChI=1S/C18H21NO3S/c20-13-12-17(15-10-11-15)19-23(21,22)18-9-5-4-8-16(18)14-6-2-1-3-7-14/h1-9,15,17,19-20H,10-13H2. The van der Waals surface area contributed by atoms with Crippen LogP contribution in [0, 0.1) is 5.92 Å². The molecule has 1 atom stereocenters. The van der Waals surface area contributed by atoms with Crippen LogP contribution in [0.5, 0.6) is 0 Å². The van der Waals surface area contributed by atoms with Gasteiger partial charge in [-0.25, -0.2) is 13.1 Å². The predicted molar refractivity (Wildman–Crippen MR) is 90.4 cm³/mol. The molecule has 1 aliphatic rings. The van der Waals surface area contributed by atoms with Gasteiger partial charge in [-0.15, -0.1) is 0 Å². The molecule has 4 nitrogen and oxygen atoms in total. The Balaban J connectivity index is 1.94. The second-order valence-corrected chi connectivity index (χ2v) is 7.62. The van der Waals surface area contributed by atoms with Crippen molar-refractivity contribution in [3.63, 3.8) is 0 Å². The summed E-state index contributed by atoms with van der Waals surface area (Å²) in [5.74, 6) is 0.348. The molecule has 1 fully saturated rings. The van der Waals surface area contributed by atoms with E-state index in [2.05, 4.69) is 4.72 Å². The molecule has 2 aromatic rings. The maximum absolute atomic E-state index is 12.9. The lowest BCUT2D eigenvalue weighted by atomic mass is 10.1. The summed E-state index contributed by atoms with van der Waals surface area (Å²) in [6.07, 6.45) is 2.50. The first-order chi connectivity index (χ1) is 11.1. The first-order valence-electron chi connectivity index (χ1n) is 7.89. The van der Waals surface area contributed by atoms with Gasteiger partial charge in [-0.2, -0.15) is 0 Å². The van der Waals surface area contributed by atoms with Gasteiger partial charge in [-0.3, -0.25) is 0 Å². The highest BCUT2D eigenvalue weighted by atomic mass is 32.2. The number of aliphatic hydroxyl groups excluding tert-OH is 1. The molecule has 1 aliphatic carbocycles. The third-order valence-electron chi connectivity index (χ3n) is 4.20. The molecule has 23 heavy (non-hydrogen) atoms. The van der Waals surface area contributed by atoms with Crippen LogP contribution >= 0.6 is 0 Å². The highest BCUT2D eigenvalue weighted by Gasteiger charge is 2.34. The van der Waals surface area contributed by atoms with Crippen LogP contribution in [0.3, 0.4) is 0 Å². The average molecular weight is 331 g/mol. The van der Waals surface area contributed by atoms with Crippen LogP contribution in [0.2, 0.25) is 0 Å². The molecule has 0 heterocycles. The van der Waals surface area contributed by atoms with E-state index in [1.54, 1.807) is 12.1 Å². The Morgan fingerprint density at radius 3 is 2.35 bits per heavy atom. The van der Waals surface area contributed by atoms with E-state index in [1.807, 2.05) is 42.5 Å². The first kappa shape index (κ1) is 16.2. The third kappa shape index (κ3) is 3.80. The number of nitrogens with one attached hydrogen (secondary N) is 1. The molecule has 2 N–H and O–H groups in total. The van der Waals surface area contributed by atoms with Crippen molar-refractivity contribution in [1.29, 1.82) is 0 Å². The fourth-order valence-electron chi connectivity index (χ4n) is 2.85. The first-order valence-corrected chi connectivity index (χ1v) is 9.38. The average Bonchev–Trinajstić information content (AvgIpc) is 3.40. The zero-order valence-electron chi connectivity index (χ0n) is 12.9. The smallest absolute Gasteiger partial charge is 0.241 e. The second-order valence-electron chi connectivity index (χ2n) is 5.94. The van der Waals surface area contributed by atoms with E-state index >= 15 is 0 Å². The van der Waals surface area contributed by atoms with Crippen LogP contribution in [-0.2, 0) is 10.0 Å². The Morgan fingerprint density at radius 2 is 1.70 bits per heavy atom. The van der Waals surface area contributed by atoms with Crippen molar-refractivity contribution < 1.29 is 13.5 Å². The lowest BCUT2D eigenvalue weighted by molar-refractivity contribution is 0.265. The van der Waals surface area contributed by atoms with Crippen LogP contribution in [0.1, 0.15) is 19.3 Å². The predicted octanol–water partition coefficient (Wildman–Crippen LogP) is 2.79. The van der Waals surface area contributed by atoms with Crippen molar-refractivity contribution in [3.05, 3.63) is 54.6 Å². The largest absolute Gasteiger partial charge is 0.396 e. The van der Waals surface area contributed by atoms with E-state index in [4.69, 9.17) is 0 Å². The van der Waals surface area contributed by atoms with Crippen LogP contribution < -0.4 is 4.72 Å². The van der Waals surface area contributed by atoms with E-state index < -0.39 is 10.0 Å². The molecule has 0 bridgehead atoms. The molecule has 0 aromatic heterocycles. The molecular formula is C18H21NO3S. The second kappa shape index (κ2) is 6.83. The molecule has 0 spiro atoms. The van der Waals surface area contributed by atoms with Crippen LogP contribution in [0.25, 0.3) is 11.1 Å². The topological polar surface area (TPSA) is 66.4 Å². The molecule has 3 rings (SSSR count). The summed E-state index contributed by atoms with van der Waals surface area (Å²) < 4.78 is 28.5. The summed E-state index contributed by atoms with van der Waals surface area (Å²) in [7, 11) is -3.63. The van der Waals surface area contributed by atoms with Crippen molar-refractivity contribution in [2.75, 3.05) is 6.61 Å². The van der Waals surface area contributed by atoms with Crippen LogP contribution in [0.15, 0.2) is 59.5 Å². The number of rotatable bonds is 7. The minimum absolute atomic E-state index is 0.00990. The quantitative estimate of drug-likeness (QED) is 0.820. The van der Waals surface area contributed by atoms with Gasteiger partial charge in [0.25, 0.3) is 0 Å². The van der Waals surface area contributed by atoms with Gasteiger partial charge in [0.1, 0.15) is 0 Å². The summed E-state index contributed by atoms with van der Waals surface area (Å²) >= 11 is 0. The maximum Gasteiger partial charge on any atom is 0.241 e. The van der Waals surface area contributed by atoms with Crippen molar-refractivity contribution >= 4 is 10.0 Å². The molecule has 0 radical (unpaired) electrons. The van der Waals surface area contributed by atoms with Gasteiger partial charge in [0.15, 0.2) is 0 Å². The SMILES string of the molecule is O=S(=O)(NC(CCO)C1CC1)c1ccccc1-c1ccccc1. The summed E-state index contributed by atoms with van der Waals surface area (Å²) in [6, 6.07) is 16.3. The molecule has 122 valence electrons. The number of hydrogen-bond donors (Lipinski definition) is 2. The van der Waals surface area contributed by atoms with Gasteiger partial charge in [-0.05, 0) is 36.8 Å². The molecule has 0 aliphatic heterocycles. The van der Waals surface area contributed by atoms with E-state index in [9.17, 15) is 13.5 Å². The van der Waals surface area contributed by atoms with Gasteiger partial charge < -0.3 is 5.11 Å². The van der Waals surface area contributed by atoms with Crippen LogP contribution in [-0.4, -0.2) is 26.2 Å². The normalized spacial score (nSPS) is 16.2. The van der Waals surface area contributed by atoms with E-state index in [0.29, 0.717) is 17.9 Å². The van der Waals surface area contributed by atoms with Crippen molar-refractivity contribution in [1.82, 2.24) is 4.72 Å². The number of sulfonamides is 1. The van der Waals surface area contributed by atoms with Gasteiger partial charge in [-0.1, -0.05) is 48.5 Å². The Labute approximate surface area is 137 Å². The molecule has 1 unspecified atom stereocenters. The van der Waals surface area contributed by atoms with Gasteiger partial charge in [0.2, 0.25) is 10.0 Å². The number of benzene rings is 2. The summed E-state index contributed by atoms with van der Waals surface area (Å²) in [5, 5.41) is 9.18. The lowest BCUT2D eigenvalue weighted by Crippen LogP contribution is -2.37. The van der Waals surface area contributed by atoms with Crippen molar-refractivity contribution in [2.45, 2.75) is 30.2 Å². The van der Waals surface area contributed by atoms with Gasteiger partial charge in [0, 0.05) is 18.2 Å². The Kier molecular flexibility index (Phi) is 4.80. The minimum atomic E-state index is -3.63. The van der Waals surface area contributed by atoms with E-state index in [-0.39, 0.29) is 17.5 Å². The monoisotopic (exact) mass is 331 g/mol. The molecule has 5 heteroatoms. The Morgan fingerprint density at radius 1 is 1.04 bits per heavy atom. The van der Waals surface area contributed by atoms with E-state index in [0.717, 1.165) is 18.4 Å². The summed E-state index contributed by atoms with van der Waals surface area (Å²) in [6.45, 7) is -0.00990. The zero-order valence-corrected chi connectivity index (χ0v) is 13.7. The minimum Gasteiger partial charge on any atom is -0.396 e. The Hall–Kier alpha value is -1.69. The number of hydrogen-bond acceptors (Lipinski definition) is 3.